The van der Waals surface area contributed by atoms with Gasteiger partial charge in [0.2, 0.25) is 0 Å². The van der Waals surface area contributed by atoms with Crippen LogP contribution in [0.15, 0.2) is 24.3 Å². The fraction of sp³-hybridized carbons (Fsp3) is 0.647. The zero-order valence-electron chi connectivity index (χ0n) is 12.9. The first-order chi connectivity index (χ1) is 9.00. The molecule has 2 rings (SSSR count). The van der Waals surface area contributed by atoms with Crippen molar-refractivity contribution in [2.75, 3.05) is 26.7 Å². The van der Waals surface area contributed by atoms with Gasteiger partial charge in [-0.3, -0.25) is 0 Å². The second-order valence-electron chi connectivity index (χ2n) is 6.72. The van der Waals surface area contributed by atoms with Crippen molar-refractivity contribution < 1.29 is 0 Å². The van der Waals surface area contributed by atoms with Crippen molar-refractivity contribution in [2.24, 2.45) is 5.41 Å². The zero-order chi connectivity index (χ0) is 13.9. The number of hydrogen-bond donors (Lipinski definition) is 1. The first-order valence-corrected chi connectivity index (χ1v) is 7.46. The zero-order valence-corrected chi connectivity index (χ0v) is 12.9. The molecule has 0 aliphatic carbocycles. The third kappa shape index (κ3) is 4.05. The molecule has 1 fully saturated rings. The van der Waals surface area contributed by atoms with Crippen molar-refractivity contribution in [3.05, 3.63) is 35.4 Å². The molecule has 2 heteroatoms. The molecule has 1 aliphatic heterocycles. The SMILES string of the molecule is CNC(CN1CCC(C)(C)CC1)c1ccc(C)cc1. The summed E-state index contributed by atoms with van der Waals surface area (Å²) < 4.78 is 0. The summed E-state index contributed by atoms with van der Waals surface area (Å²) in [4.78, 5) is 2.60. The van der Waals surface area contributed by atoms with E-state index in [1.165, 1.54) is 37.1 Å². The Balaban J connectivity index is 1.94. The minimum atomic E-state index is 0.446. The number of hydrogen-bond acceptors (Lipinski definition) is 2. The molecule has 0 amide bonds. The Morgan fingerprint density at radius 1 is 1.16 bits per heavy atom. The van der Waals surface area contributed by atoms with Gasteiger partial charge in [0.05, 0.1) is 0 Å². The number of aryl methyl sites for hydroxylation is 1. The van der Waals surface area contributed by atoms with Crippen LogP contribution in [-0.4, -0.2) is 31.6 Å². The summed E-state index contributed by atoms with van der Waals surface area (Å²) in [6.07, 6.45) is 2.63. The van der Waals surface area contributed by atoms with Gasteiger partial charge in [0, 0.05) is 12.6 Å². The summed E-state index contributed by atoms with van der Waals surface area (Å²) in [5.41, 5.74) is 3.27. The summed E-state index contributed by atoms with van der Waals surface area (Å²) in [6, 6.07) is 9.37. The molecule has 1 aromatic rings. The Labute approximate surface area is 118 Å². The lowest BCUT2D eigenvalue weighted by Gasteiger charge is -2.38. The van der Waals surface area contributed by atoms with E-state index in [1.54, 1.807) is 0 Å². The van der Waals surface area contributed by atoms with E-state index in [2.05, 4.69) is 62.3 Å². The molecule has 1 aromatic carbocycles. The average Bonchev–Trinajstić information content (AvgIpc) is 2.39. The molecular formula is C17H28N2. The molecule has 1 heterocycles. The van der Waals surface area contributed by atoms with Gasteiger partial charge in [-0.05, 0) is 50.9 Å². The number of nitrogens with zero attached hydrogens (tertiary/aromatic N) is 1. The molecule has 0 radical (unpaired) electrons. The first kappa shape index (κ1) is 14.5. The molecule has 0 bridgehead atoms. The van der Waals surface area contributed by atoms with Crippen LogP contribution in [0.25, 0.3) is 0 Å². The molecule has 0 saturated carbocycles. The molecule has 1 unspecified atom stereocenters. The number of rotatable bonds is 4. The van der Waals surface area contributed by atoms with Crippen LogP contribution in [0.2, 0.25) is 0 Å². The van der Waals surface area contributed by atoms with Crippen LogP contribution in [0, 0.1) is 12.3 Å². The maximum atomic E-state index is 3.46. The predicted molar refractivity (Wildman–Crippen MR) is 82.4 cm³/mol. The van der Waals surface area contributed by atoms with Gasteiger partial charge in [0.25, 0.3) is 0 Å². The summed E-state index contributed by atoms with van der Waals surface area (Å²) >= 11 is 0. The topological polar surface area (TPSA) is 15.3 Å². The lowest BCUT2D eigenvalue weighted by atomic mass is 9.82. The minimum Gasteiger partial charge on any atom is -0.312 e. The summed E-state index contributed by atoms with van der Waals surface area (Å²) in [7, 11) is 2.07. The Hall–Kier alpha value is -0.860. The highest BCUT2D eigenvalue weighted by Crippen LogP contribution is 2.30. The van der Waals surface area contributed by atoms with E-state index < -0.39 is 0 Å². The lowest BCUT2D eigenvalue weighted by Crippen LogP contribution is -2.41. The monoisotopic (exact) mass is 260 g/mol. The molecular weight excluding hydrogens is 232 g/mol. The molecule has 1 N–H and O–H groups in total. The molecule has 0 spiro atoms. The van der Waals surface area contributed by atoms with Crippen LogP contribution in [0.3, 0.4) is 0 Å². The second-order valence-corrected chi connectivity index (χ2v) is 6.72. The average molecular weight is 260 g/mol. The Bertz CT molecular complexity index is 384. The van der Waals surface area contributed by atoms with E-state index in [-0.39, 0.29) is 0 Å². The van der Waals surface area contributed by atoms with Crippen LogP contribution in [-0.2, 0) is 0 Å². The smallest absolute Gasteiger partial charge is 0.0446 e. The predicted octanol–water partition coefficient (Wildman–Crippen LogP) is 3.38. The van der Waals surface area contributed by atoms with Crippen LogP contribution >= 0.6 is 0 Å². The van der Waals surface area contributed by atoms with Gasteiger partial charge in [0.1, 0.15) is 0 Å². The number of piperidine rings is 1. The molecule has 106 valence electrons. The van der Waals surface area contributed by atoms with Gasteiger partial charge in [0.15, 0.2) is 0 Å². The van der Waals surface area contributed by atoms with Gasteiger partial charge in [-0.25, -0.2) is 0 Å². The molecule has 19 heavy (non-hydrogen) atoms. The van der Waals surface area contributed by atoms with Gasteiger partial charge < -0.3 is 10.2 Å². The fourth-order valence-electron chi connectivity index (χ4n) is 2.76. The number of likely N-dealkylation sites (tertiary alicyclic amines) is 1. The van der Waals surface area contributed by atoms with Crippen LogP contribution in [0.5, 0.6) is 0 Å². The Morgan fingerprint density at radius 3 is 2.26 bits per heavy atom. The summed E-state index contributed by atoms with van der Waals surface area (Å²) in [6.45, 7) is 10.5. The van der Waals surface area contributed by atoms with Crippen molar-refractivity contribution in [1.82, 2.24) is 10.2 Å². The maximum Gasteiger partial charge on any atom is 0.0446 e. The van der Waals surface area contributed by atoms with E-state index in [0.717, 1.165) is 6.54 Å². The largest absolute Gasteiger partial charge is 0.312 e. The van der Waals surface area contributed by atoms with Crippen LogP contribution in [0.1, 0.15) is 43.9 Å². The van der Waals surface area contributed by atoms with Crippen molar-refractivity contribution in [2.45, 2.75) is 39.7 Å². The normalized spacial score (nSPS) is 21.3. The number of likely N-dealkylation sites (N-methyl/N-ethyl adjacent to an activating group) is 1. The van der Waals surface area contributed by atoms with E-state index in [1.807, 2.05) is 0 Å². The second kappa shape index (κ2) is 6.06. The van der Waals surface area contributed by atoms with E-state index in [4.69, 9.17) is 0 Å². The quantitative estimate of drug-likeness (QED) is 0.893. The summed E-state index contributed by atoms with van der Waals surface area (Å²) in [5, 5.41) is 3.46. The minimum absolute atomic E-state index is 0.446. The number of benzene rings is 1. The van der Waals surface area contributed by atoms with Crippen LogP contribution in [0.4, 0.5) is 0 Å². The third-order valence-electron chi connectivity index (χ3n) is 4.48. The highest BCUT2D eigenvalue weighted by atomic mass is 15.2. The lowest BCUT2D eigenvalue weighted by molar-refractivity contribution is 0.123. The van der Waals surface area contributed by atoms with E-state index >= 15 is 0 Å². The molecule has 1 atom stereocenters. The van der Waals surface area contributed by atoms with Crippen LogP contribution < -0.4 is 5.32 Å². The summed E-state index contributed by atoms with van der Waals surface area (Å²) in [5.74, 6) is 0. The highest BCUT2D eigenvalue weighted by Gasteiger charge is 2.26. The molecule has 0 aromatic heterocycles. The van der Waals surface area contributed by atoms with Gasteiger partial charge >= 0.3 is 0 Å². The Morgan fingerprint density at radius 2 is 1.74 bits per heavy atom. The standard InChI is InChI=1S/C17H28N2/c1-14-5-7-15(8-6-14)16(18-4)13-19-11-9-17(2,3)10-12-19/h5-8,16,18H,9-13H2,1-4H3. The van der Waals surface area contributed by atoms with E-state index in [0.29, 0.717) is 11.5 Å². The van der Waals surface area contributed by atoms with E-state index in [9.17, 15) is 0 Å². The fourth-order valence-corrected chi connectivity index (χ4v) is 2.76. The van der Waals surface area contributed by atoms with Gasteiger partial charge in [-0.15, -0.1) is 0 Å². The first-order valence-electron chi connectivity index (χ1n) is 7.46. The van der Waals surface area contributed by atoms with Crippen molar-refractivity contribution in [1.29, 1.82) is 0 Å². The van der Waals surface area contributed by atoms with Gasteiger partial charge in [-0.2, -0.15) is 0 Å². The maximum absolute atomic E-state index is 3.46. The molecule has 1 aliphatic rings. The van der Waals surface area contributed by atoms with Crippen molar-refractivity contribution in [3.8, 4) is 0 Å². The third-order valence-corrected chi connectivity index (χ3v) is 4.48. The highest BCUT2D eigenvalue weighted by molar-refractivity contribution is 5.24. The molecule has 2 nitrogen and oxygen atoms in total. The van der Waals surface area contributed by atoms with Crippen molar-refractivity contribution >= 4 is 0 Å². The number of nitrogens with one attached hydrogen (secondary N) is 1. The molecule has 1 saturated heterocycles. The Kier molecular flexibility index (Phi) is 4.64. The van der Waals surface area contributed by atoms with Crippen molar-refractivity contribution in [3.63, 3.8) is 0 Å². The van der Waals surface area contributed by atoms with Gasteiger partial charge in [-0.1, -0.05) is 43.7 Å².